The second kappa shape index (κ2) is 7.16. The van der Waals surface area contributed by atoms with Gasteiger partial charge < -0.3 is 14.6 Å². The molecule has 2 fully saturated rings. The summed E-state index contributed by atoms with van der Waals surface area (Å²) < 4.78 is 29.4. The van der Waals surface area contributed by atoms with Crippen LogP contribution in [-0.4, -0.2) is 34.8 Å². The lowest BCUT2D eigenvalue weighted by atomic mass is 9.99. The molecule has 1 saturated heterocycles. The maximum Gasteiger partial charge on any atom is 0.384 e. The van der Waals surface area contributed by atoms with Gasteiger partial charge in [-0.05, 0) is 31.7 Å². The molecule has 0 amide bonds. The molecular weight excluding hydrogens is 370 g/mol. The fourth-order valence-corrected chi connectivity index (χ4v) is 4.16. The molecule has 2 aliphatic rings. The van der Waals surface area contributed by atoms with Crippen LogP contribution >= 0.6 is 0 Å². The lowest BCUT2D eigenvalue weighted by molar-refractivity contribution is -0.0789. The first-order valence-corrected chi connectivity index (χ1v) is 9.62. The number of hydrogen-bond donors (Lipinski definition) is 1. The van der Waals surface area contributed by atoms with Crippen molar-refractivity contribution in [3.05, 3.63) is 39.4 Å². The van der Waals surface area contributed by atoms with Gasteiger partial charge >= 0.3 is 5.97 Å². The molecule has 1 aromatic carbocycles. The number of anilines is 1. The Kier molecular flexibility index (Phi) is 4.82. The normalized spacial score (nSPS) is 19.4. The van der Waals surface area contributed by atoms with E-state index in [4.69, 9.17) is 0 Å². The zero-order valence-corrected chi connectivity index (χ0v) is 15.6. The lowest BCUT2D eigenvalue weighted by Crippen LogP contribution is -2.26. The predicted octanol–water partition coefficient (Wildman–Crippen LogP) is 3.04. The molecule has 8 heteroatoms. The predicted molar refractivity (Wildman–Crippen MR) is 99.8 cm³/mol. The number of benzene rings is 1. The Morgan fingerprint density at radius 2 is 2.11 bits per heavy atom. The number of fused-ring (bicyclic) bond motifs is 1. The summed E-state index contributed by atoms with van der Waals surface area (Å²) in [5.41, 5.74) is 0.505. The van der Waals surface area contributed by atoms with Gasteiger partial charge in [-0.2, -0.15) is 0 Å². The molecule has 1 saturated carbocycles. The van der Waals surface area contributed by atoms with Crippen molar-refractivity contribution in [2.45, 2.75) is 51.2 Å². The van der Waals surface area contributed by atoms with Crippen molar-refractivity contribution in [2.24, 2.45) is 0 Å². The fraction of sp³-hybridized carbons (Fsp3) is 0.500. The van der Waals surface area contributed by atoms with Crippen molar-refractivity contribution in [3.63, 3.8) is 0 Å². The molecule has 2 heterocycles. The molecule has 1 aliphatic carbocycles. The molecular formula is C20H22F2N2O4. The summed E-state index contributed by atoms with van der Waals surface area (Å²) in [7, 11) is 0. The van der Waals surface area contributed by atoms with E-state index in [-0.39, 0.29) is 11.4 Å². The van der Waals surface area contributed by atoms with Gasteiger partial charge in [0.1, 0.15) is 11.4 Å². The molecule has 1 unspecified atom stereocenters. The van der Waals surface area contributed by atoms with Crippen molar-refractivity contribution in [1.29, 1.82) is 0 Å². The van der Waals surface area contributed by atoms with Gasteiger partial charge in [0.25, 0.3) is 0 Å². The molecule has 1 N–H and O–H groups in total. The van der Waals surface area contributed by atoms with Crippen molar-refractivity contribution in [3.8, 4) is 0 Å². The summed E-state index contributed by atoms with van der Waals surface area (Å²) in [6.07, 6.45) is 4.37. The van der Waals surface area contributed by atoms with Crippen molar-refractivity contribution in [2.75, 3.05) is 18.0 Å². The zero-order valence-electron chi connectivity index (χ0n) is 15.6. The van der Waals surface area contributed by atoms with Crippen LogP contribution in [0.25, 0.3) is 10.9 Å². The van der Waals surface area contributed by atoms with Crippen molar-refractivity contribution >= 4 is 22.6 Å². The largest absolute Gasteiger partial charge is 0.391 e. The van der Waals surface area contributed by atoms with E-state index in [1.54, 1.807) is 4.57 Å². The van der Waals surface area contributed by atoms with Crippen LogP contribution in [0.1, 0.15) is 54.6 Å². The number of aliphatic hydroxyl groups excluding tert-OH is 1. The van der Waals surface area contributed by atoms with Gasteiger partial charge in [-0.15, -0.1) is 0 Å². The first-order valence-electron chi connectivity index (χ1n) is 9.62. The van der Waals surface area contributed by atoms with Gasteiger partial charge in [0, 0.05) is 40.8 Å². The summed E-state index contributed by atoms with van der Waals surface area (Å²) in [5, 5.41) is 9.96. The number of carbonyl (C=O) groups is 1. The Hall–Kier alpha value is -2.48. The van der Waals surface area contributed by atoms with E-state index in [9.17, 15) is 19.2 Å². The monoisotopic (exact) mass is 392 g/mol. The van der Waals surface area contributed by atoms with E-state index in [1.807, 2.05) is 11.8 Å². The Labute approximate surface area is 160 Å². The molecule has 1 aromatic heterocycles. The highest BCUT2D eigenvalue weighted by Gasteiger charge is 2.32. The van der Waals surface area contributed by atoms with Crippen LogP contribution in [-0.2, 0) is 11.4 Å². The highest BCUT2D eigenvalue weighted by Crippen LogP contribution is 2.41. The van der Waals surface area contributed by atoms with E-state index in [0.717, 1.165) is 25.3 Å². The third kappa shape index (κ3) is 3.05. The standard InChI is InChI=1S/C20H22F2N2O4/c1-2-3-13-17-14(8-16(21)18(13)23-7-6-12(25)9-23)19(26)15(20(27)28-22)10-24(17)11-4-5-11/h8,10-12,25H,2-7,9H2,1H3. The van der Waals surface area contributed by atoms with E-state index >= 15 is 4.39 Å². The molecule has 28 heavy (non-hydrogen) atoms. The SMILES string of the molecule is CCCc1c(N2CCC(O)C2)c(F)cc2c(=O)c(C(=O)OF)cn(C3CC3)c12. The van der Waals surface area contributed by atoms with Crippen LogP contribution < -0.4 is 10.3 Å². The highest BCUT2D eigenvalue weighted by atomic mass is 19.3. The van der Waals surface area contributed by atoms with Crippen LogP contribution in [0.5, 0.6) is 0 Å². The fourth-order valence-electron chi connectivity index (χ4n) is 4.16. The van der Waals surface area contributed by atoms with E-state index in [1.165, 1.54) is 6.20 Å². The summed E-state index contributed by atoms with van der Waals surface area (Å²) >= 11 is 0. The number of pyridine rings is 1. The molecule has 150 valence electrons. The second-order valence-electron chi connectivity index (χ2n) is 7.60. The molecule has 6 nitrogen and oxygen atoms in total. The van der Waals surface area contributed by atoms with Crippen molar-refractivity contribution in [1.82, 2.24) is 4.57 Å². The van der Waals surface area contributed by atoms with Crippen LogP contribution in [0.4, 0.5) is 14.6 Å². The van der Waals surface area contributed by atoms with Gasteiger partial charge in [-0.3, -0.25) is 4.79 Å². The van der Waals surface area contributed by atoms with Gasteiger partial charge in [0.2, 0.25) is 5.43 Å². The first-order chi connectivity index (χ1) is 13.5. The number of β-amino-alcohol motifs (C(OH)–C–C–N with tert-alkyl or cyclic N) is 1. The number of aryl methyl sites for hydroxylation is 1. The number of aliphatic hydroxyl groups is 1. The lowest BCUT2D eigenvalue weighted by Gasteiger charge is -2.25. The van der Waals surface area contributed by atoms with Crippen LogP contribution in [0.3, 0.4) is 0 Å². The van der Waals surface area contributed by atoms with Gasteiger partial charge in [-0.1, -0.05) is 13.3 Å². The Bertz CT molecular complexity index is 1000. The van der Waals surface area contributed by atoms with Crippen LogP contribution in [0, 0.1) is 5.82 Å². The summed E-state index contributed by atoms with van der Waals surface area (Å²) in [4.78, 5) is 29.6. The molecule has 0 spiro atoms. The number of nitrogens with zero attached hydrogens (tertiary/aromatic N) is 2. The molecule has 4 rings (SSSR count). The number of carbonyl (C=O) groups excluding carboxylic acids is 1. The summed E-state index contributed by atoms with van der Waals surface area (Å²) in [6, 6.07) is 1.21. The Morgan fingerprint density at radius 3 is 2.68 bits per heavy atom. The van der Waals surface area contributed by atoms with E-state index < -0.39 is 28.9 Å². The van der Waals surface area contributed by atoms with Crippen LogP contribution in [0.15, 0.2) is 17.1 Å². The summed E-state index contributed by atoms with van der Waals surface area (Å²) in [6.45, 7) is 2.83. The first kappa shape index (κ1) is 18.9. The highest BCUT2D eigenvalue weighted by molar-refractivity contribution is 5.96. The van der Waals surface area contributed by atoms with Crippen LogP contribution in [0.2, 0.25) is 0 Å². The maximum absolute atomic E-state index is 15.2. The van der Waals surface area contributed by atoms with Gasteiger partial charge in [0.05, 0.1) is 17.3 Å². The number of halogens is 2. The molecule has 0 radical (unpaired) electrons. The molecule has 2 aromatic rings. The Morgan fingerprint density at radius 1 is 1.36 bits per heavy atom. The zero-order chi connectivity index (χ0) is 20.0. The van der Waals surface area contributed by atoms with Crippen molar-refractivity contribution < 1.29 is 23.8 Å². The average molecular weight is 392 g/mol. The topological polar surface area (TPSA) is 71.8 Å². The Balaban J connectivity index is 2.04. The molecule has 1 aliphatic heterocycles. The smallest absolute Gasteiger partial charge is 0.384 e. The van der Waals surface area contributed by atoms with E-state index in [0.29, 0.717) is 42.7 Å². The quantitative estimate of drug-likeness (QED) is 0.847. The maximum atomic E-state index is 15.2. The third-order valence-electron chi connectivity index (χ3n) is 5.55. The summed E-state index contributed by atoms with van der Waals surface area (Å²) in [5.74, 6) is -1.94. The minimum absolute atomic E-state index is 0.0549. The number of rotatable bonds is 5. The minimum atomic E-state index is -1.37. The third-order valence-corrected chi connectivity index (χ3v) is 5.55. The average Bonchev–Trinajstić information content (AvgIpc) is 3.43. The van der Waals surface area contributed by atoms with E-state index in [2.05, 4.69) is 4.94 Å². The minimum Gasteiger partial charge on any atom is -0.391 e. The number of hydrogen-bond acceptors (Lipinski definition) is 5. The molecule has 0 bridgehead atoms. The number of aromatic nitrogens is 1. The second-order valence-corrected chi connectivity index (χ2v) is 7.60. The van der Waals surface area contributed by atoms with Gasteiger partial charge in [-0.25, -0.2) is 14.1 Å². The molecule has 1 atom stereocenters. The van der Waals surface area contributed by atoms with Gasteiger partial charge in [0.15, 0.2) is 0 Å².